The third-order valence-corrected chi connectivity index (χ3v) is 5.31. The van der Waals surface area contributed by atoms with Crippen LogP contribution in [-0.2, 0) is 10.0 Å². The van der Waals surface area contributed by atoms with Gasteiger partial charge in [-0.1, -0.05) is 17.7 Å². The Morgan fingerprint density at radius 2 is 1.95 bits per heavy atom. The van der Waals surface area contributed by atoms with E-state index in [0.717, 1.165) is 5.56 Å². The molecule has 0 atom stereocenters. The minimum Gasteiger partial charge on any atom is -0.278 e. The van der Waals surface area contributed by atoms with Crippen molar-refractivity contribution >= 4 is 59.2 Å². The summed E-state index contributed by atoms with van der Waals surface area (Å²) >= 11 is 12.3. The Morgan fingerprint density at radius 1 is 1.25 bits per heavy atom. The Labute approximate surface area is 138 Å². The molecule has 0 aliphatic rings. The normalized spacial score (nSPS) is 11.4. The smallest absolute Gasteiger partial charge is 0.265 e. The van der Waals surface area contributed by atoms with Crippen LogP contribution in [0.5, 0.6) is 0 Å². The minimum atomic E-state index is -3.81. The molecule has 1 N–H and O–H groups in total. The zero-order valence-corrected chi connectivity index (χ0v) is 14.9. The van der Waals surface area contributed by atoms with E-state index in [2.05, 4.69) is 41.6 Å². The lowest BCUT2D eigenvalue weighted by Gasteiger charge is -2.11. The van der Waals surface area contributed by atoms with Gasteiger partial charge in [-0.25, -0.2) is 13.4 Å². The highest BCUT2D eigenvalue weighted by molar-refractivity contribution is 9.10. The predicted octanol–water partition coefficient (Wildman–Crippen LogP) is 4.37. The third-order valence-electron chi connectivity index (χ3n) is 2.43. The molecule has 1 aromatic carbocycles. The van der Waals surface area contributed by atoms with Gasteiger partial charge >= 0.3 is 0 Å². The minimum absolute atomic E-state index is 0.0797. The lowest BCUT2D eigenvalue weighted by atomic mass is 10.2. The topological polar surface area (TPSA) is 59.1 Å². The van der Waals surface area contributed by atoms with Gasteiger partial charge in [-0.05, 0) is 62.5 Å². The van der Waals surface area contributed by atoms with Gasteiger partial charge in [0.25, 0.3) is 10.0 Å². The van der Waals surface area contributed by atoms with Crippen LogP contribution in [0.1, 0.15) is 5.56 Å². The van der Waals surface area contributed by atoms with Crippen LogP contribution in [0.3, 0.4) is 0 Å². The molecule has 0 spiro atoms. The lowest BCUT2D eigenvalue weighted by molar-refractivity contribution is 0.601. The molecule has 0 saturated heterocycles. The van der Waals surface area contributed by atoms with E-state index in [0.29, 0.717) is 14.6 Å². The number of nitrogens with one attached hydrogen (secondary N) is 1. The Morgan fingerprint density at radius 3 is 2.60 bits per heavy atom. The number of hydrogen-bond acceptors (Lipinski definition) is 3. The Balaban J connectivity index is 2.43. The molecule has 1 heterocycles. The number of sulfonamides is 1. The van der Waals surface area contributed by atoms with E-state index in [4.69, 9.17) is 11.6 Å². The van der Waals surface area contributed by atoms with Crippen molar-refractivity contribution in [3.63, 3.8) is 0 Å². The molecule has 0 aliphatic carbocycles. The maximum Gasteiger partial charge on any atom is 0.265 e. The molecule has 0 radical (unpaired) electrons. The second-order valence-corrected chi connectivity index (χ2v) is 7.81. The first-order chi connectivity index (χ1) is 9.29. The van der Waals surface area contributed by atoms with E-state index < -0.39 is 10.0 Å². The number of anilines is 1. The lowest BCUT2D eigenvalue weighted by Crippen LogP contribution is -2.14. The van der Waals surface area contributed by atoms with Crippen molar-refractivity contribution in [3.05, 3.63) is 50.1 Å². The fourth-order valence-corrected chi connectivity index (χ4v) is 4.24. The Kier molecular flexibility index (Phi) is 4.73. The summed E-state index contributed by atoms with van der Waals surface area (Å²) in [6.07, 6.45) is 1.43. The van der Waals surface area contributed by atoms with Gasteiger partial charge in [0.05, 0.1) is 5.69 Å². The molecule has 20 heavy (non-hydrogen) atoms. The third kappa shape index (κ3) is 3.52. The van der Waals surface area contributed by atoms with Crippen molar-refractivity contribution in [3.8, 4) is 0 Å². The van der Waals surface area contributed by atoms with Gasteiger partial charge in [0.1, 0.15) is 10.0 Å². The number of nitrogens with zero attached hydrogens (tertiary/aromatic N) is 1. The summed E-state index contributed by atoms with van der Waals surface area (Å²) in [5.41, 5.74) is 1.45. The van der Waals surface area contributed by atoms with Crippen molar-refractivity contribution in [2.24, 2.45) is 0 Å². The van der Waals surface area contributed by atoms with Gasteiger partial charge in [0, 0.05) is 15.1 Å². The molecule has 0 amide bonds. The van der Waals surface area contributed by atoms with Crippen LogP contribution in [0, 0.1) is 6.92 Å². The molecule has 1 aromatic heterocycles. The van der Waals surface area contributed by atoms with Gasteiger partial charge in [-0.15, -0.1) is 0 Å². The predicted molar refractivity (Wildman–Crippen MR) is 86.6 cm³/mol. The number of rotatable bonds is 3. The average molecular weight is 441 g/mol. The van der Waals surface area contributed by atoms with E-state index in [9.17, 15) is 8.42 Å². The standard InChI is InChI=1S/C12H9Br2ClN2O2S/c1-7-2-3-10(9(14)4-7)17-20(18,19)11-5-8(13)6-16-12(11)15/h2-6,17H,1H3. The summed E-state index contributed by atoms with van der Waals surface area (Å²) in [4.78, 5) is 3.73. The van der Waals surface area contributed by atoms with Crippen LogP contribution in [-0.4, -0.2) is 13.4 Å². The van der Waals surface area contributed by atoms with Crippen molar-refractivity contribution < 1.29 is 8.42 Å². The van der Waals surface area contributed by atoms with Gasteiger partial charge < -0.3 is 0 Å². The summed E-state index contributed by atoms with van der Waals surface area (Å²) < 4.78 is 28.3. The molecule has 2 rings (SSSR count). The van der Waals surface area contributed by atoms with E-state index >= 15 is 0 Å². The second kappa shape index (κ2) is 6.01. The van der Waals surface area contributed by atoms with E-state index in [1.165, 1.54) is 12.3 Å². The monoisotopic (exact) mass is 438 g/mol. The largest absolute Gasteiger partial charge is 0.278 e. The summed E-state index contributed by atoms with van der Waals surface area (Å²) in [5, 5.41) is -0.0797. The average Bonchev–Trinajstić information content (AvgIpc) is 2.35. The highest BCUT2D eigenvalue weighted by Crippen LogP contribution is 2.28. The van der Waals surface area contributed by atoms with Crippen LogP contribution in [0.4, 0.5) is 5.69 Å². The molecule has 0 bridgehead atoms. The molecule has 106 valence electrons. The number of hydrogen-bond donors (Lipinski definition) is 1. The molecule has 0 fully saturated rings. The van der Waals surface area contributed by atoms with Crippen molar-refractivity contribution in [1.29, 1.82) is 0 Å². The molecule has 8 heteroatoms. The Hall–Kier alpha value is -0.630. The number of aromatic nitrogens is 1. The number of halogens is 3. The summed E-state index contributed by atoms with van der Waals surface area (Å²) in [7, 11) is -3.81. The maximum atomic E-state index is 12.3. The van der Waals surface area contributed by atoms with Crippen molar-refractivity contribution in [2.45, 2.75) is 11.8 Å². The number of pyridine rings is 1. The summed E-state index contributed by atoms with van der Waals surface area (Å²) in [6, 6.07) is 6.71. The van der Waals surface area contributed by atoms with Crippen LogP contribution < -0.4 is 4.72 Å². The highest BCUT2D eigenvalue weighted by atomic mass is 79.9. The molecule has 0 saturated carbocycles. The van der Waals surface area contributed by atoms with E-state index in [1.54, 1.807) is 6.07 Å². The van der Waals surface area contributed by atoms with Gasteiger partial charge in [0.15, 0.2) is 0 Å². The molecular weight excluding hydrogens is 431 g/mol. The van der Waals surface area contributed by atoms with E-state index in [1.807, 2.05) is 19.1 Å². The first-order valence-electron chi connectivity index (χ1n) is 5.39. The van der Waals surface area contributed by atoms with Crippen LogP contribution in [0.15, 0.2) is 44.3 Å². The SMILES string of the molecule is Cc1ccc(NS(=O)(=O)c2cc(Br)cnc2Cl)c(Br)c1. The first-order valence-corrected chi connectivity index (χ1v) is 8.84. The second-order valence-electron chi connectivity index (χ2n) is 4.03. The van der Waals surface area contributed by atoms with Crippen molar-refractivity contribution in [2.75, 3.05) is 4.72 Å². The molecular formula is C12H9Br2ClN2O2S. The molecule has 0 unspecified atom stereocenters. The summed E-state index contributed by atoms with van der Waals surface area (Å²) in [6.45, 7) is 1.91. The van der Waals surface area contributed by atoms with Crippen molar-refractivity contribution in [1.82, 2.24) is 4.98 Å². The zero-order chi connectivity index (χ0) is 14.9. The number of benzene rings is 1. The van der Waals surface area contributed by atoms with Crippen LogP contribution in [0.2, 0.25) is 5.15 Å². The van der Waals surface area contributed by atoms with Gasteiger partial charge in [-0.3, -0.25) is 4.72 Å². The molecule has 2 aromatic rings. The molecule has 0 aliphatic heterocycles. The van der Waals surface area contributed by atoms with Gasteiger partial charge in [-0.2, -0.15) is 0 Å². The van der Waals surface area contributed by atoms with E-state index in [-0.39, 0.29) is 10.0 Å². The van der Waals surface area contributed by atoms with Crippen LogP contribution in [0.25, 0.3) is 0 Å². The fraction of sp³-hybridized carbons (Fsp3) is 0.0833. The molecule has 4 nitrogen and oxygen atoms in total. The highest BCUT2D eigenvalue weighted by Gasteiger charge is 2.20. The quantitative estimate of drug-likeness (QED) is 0.721. The van der Waals surface area contributed by atoms with Crippen LogP contribution >= 0.6 is 43.5 Å². The summed E-state index contributed by atoms with van der Waals surface area (Å²) in [5.74, 6) is 0. The number of aryl methyl sites for hydroxylation is 1. The Bertz CT molecular complexity index is 766. The zero-order valence-electron chi connectivity index (χ0n) is 10.2. The first kappa shape index (κ1) is 15.8. The van der Waals surface area contributed by atoms with Gasteiger partial charge in [0.2, 0.25) is 0 Å². The fourth-order valence-electron chi connectivity index (χ4n) is 1.50. The maximum absolute atomic E-state index is 12.3.